The largest absolute Gasteiger partial charge is 0.384 e. The molecule has 1 fully saturated rings. The van der Waals surface area contributed by atoms with Crippen LogP contribution in [0.3, 0.4) is 0 Å². The Morgan fingerprint density at radius 3 is 2.88 bits per heavy atom. The first-order valence-electron chi connectivity index (χ1n) is 6.02. The summed E-state index contributed by atoms with van der Waals surface area (Å²) >= 11 is 3.41. The Balaban J connectivity index is 2.04. The van der Waals surface area contributed by atoms with Gasteiger partial charge in [0.25, 0.3) is 0 Å². The Labute approximate surface area is 111 Å². The zero-order chi connectivity index (χ0) is 12.3. The van der Waals surface area contributed by atoms with Crippen LogP contribution >= 0.6 is 23.5 Å². The highest BCUT2D eigenvalue weighted by Gasteiger charge is 2.20. The summed E-state index contributed by atoms with van der Waals surface area (Å²) in [5.41, 5.74) is 5.79. The third-order valence-corrected chi connectivity index (χ3v) is 4.82. The van der Waals surface area contributed by atoms with Gasteiger partial charge < -0.3 is 5.73 Å². The molecule has 0 bridgehead atoms. The molecule has 2 unspecified atom stereocenters. The maximum absolute atomic E-state index is 5.79. The van der Waals surface area contributed by atoms with E-state index in [0.29, 0.717) is 11.1 Å². The lowest BCUT2D eigenvalue weighted by atomic mass is 9.91. The summed E-state index contributed by atoms with van der Waals surface area (Å²) in [5.74, 6) is 1.43. The molecule has 3 nitrogen and oxygen atoms in total. The zero-order valence-electron chi connectivity index (χ0n) is 10.3. The van der Waals surface area contributed by atoms with Gasteiger partial charge in [-0.25, -0.2) is 9.97 Å². The standard InChI is InChI=1S/C12H19N3S2/c1-8-4-3-5-9(6-8)17-11-7-10(13)14-12(15-11)16-2/h7-9H,3-6H2,1-2H3,(H2,13,14,15). The molecule has 0 aliphatic heterocycles. The summed E-state index contributed by atoms with van der Waals surface area (Å²) in [5, 5.41) is 2.50. The van der Waals surface area contributed by atoms with Crippen LogP contribution in [0.4, 0.5) is 5.82 Å². The summed E-state index contributed by atoms with van der Waals surface area (Å²) in [6.45, 7) is 2.34. The van der Waals surface area contributed by atoms with Crippen LogP contribution in [-0.2, 0) is 0 Å². The Kier molecular flexibility index (Phi) is 4.56. The molecule has 0 saturated heterocycles. The first-order chi connectivity index (χ1) is 8.17. The number of thioether (sulfide) groups is 2. The quantitative estimate of drug-likeness (QED) is 0.517. The minimum Gasteiger partial charge on any atom is -0.384 e. The van der Waals surface area contributed by atoms with Gasteiger partial charge in [-0.3, -0.25) is 0 Å². The molecule has 1 aromatic heterocycles. The molecular weight excluding hydrogens is 250 g/mol. The molecule has 0 aromatic carbocycles. The van der Waals surface area contributed by atoms with Crippen LogP contribution in [0.2, 0.25) is 0 Å². The normalized spacial score (nSPS) is 24.8. The molecule has 1 aliphatic rings. The fourth-order valence-electron chi connectivity index (χ4n) is 2.23. The van der Waals surface area contributed by atoms with Crippen LogP contribution in [0.5, 0.6) is 0 Å². The number of anilines is 1. The minimum absolute atomic E-state index is 0.579. The van der Waals surface area contributed by atoms with E-state index in [1.807, 2.05) is 24.1 Å². The molecule has 2 atom stereocenters. The second-order valence-electron chi connectivity index (χ2n) is 4.63. The second-order valence-corrected chi connectivity index (χ2v) is 6.72. The molecule has 1 aromatic rings. The number of rotatable bonds is 3. The lowest BCUT2D eigenvalue weighted by molar-refractivity contribution is 0.394. The number of aromatic nitrogens is 2. The Bertz CT molecular complexity index is 384. The van der Waals surface area contributed by atoms with Crippen molar-refractivity contribution in [2.24, 2.45) is 5.92 Å². The number of nitrogen functional groups attached to an aromatic ring is 1. The van der Waals surface area contributed by atoms with E-state index < -0.39 is 0 Å². The van der Waals surface area contributed by atoms with Crippen molar-refractivity contribution in [2.75, 3.05) is 12.0 Å². The van der Waals surface area contributed by atoms with Crippen molar-refractivity contribution in [3.63, 3.8) is 0 Å². The van der Waals surface area contributed by atoms with Crippen LogP contribution in [0.15, 0.2) is 16.2 Å². The zero-order valence-corrected chi connectivity index (χ0v) is 12.0. The number of hydrogen-bond acceptors (Lipinski definition) is 5. The van der Waals surface area contributed by atoms with Gasteiger partial charge in [-0.05, 0) is 25.0 Å². The average Bonchev–Trinajstić information content (AvgIpc) is 2.28. The lowest BCUT2D eigenvalue weighted by Crippen LogP contribution is -2.15. The molecule has 17 heavy (non-hydrogen) atoms. The number of nitrogens with two attached hydrogens (primary N) is 1. The van der Waals surface area contributed by atoms with E-state index in [2.05, 4.69) is 16.9 Å². The predicted octanol–water partition coefficient (Wildman–Crippen LogP) is 3.45. The third kappa shape index (κ3) is 3.78. The van der Waals surface area contributed by atoms with Gasteiger partial charge in [0.05, 0.1) is 0 Å². The minimum atomic E-state index is 0.579. The molecule has 2 N–H and O–H groups in total. The monoisotopic (exact) mass is 269 g/mol. The van der Waals surface area contributed by atoms with Gasteiger partial charge >= 0.3 is 0 Å². The fourth-order valence-corrected chi connectivity index (χ4v) is 4.05. The first kappa shape index (κ1) is 13.0. The predicted molar refractivity (Wildman–Crippen MR) is 75.5 cm³/mol. The highest BCUT2D eigenvalue weighted by molar-refractivity contribution is 8.00. The molecule has 0 amide bonds. The number of nitrogens with zero attached hydrogens (tertiary/aromatic N) is 2. The van der Waals surface area contributed by atoms with E-state index in [1.165, 1.54) is 25.7 Å². The third-order valence-electron chi connectivity index (χ3n) is 3.06. The Morgan fingerprint density at radius 1 is 1.35 bits per heavy atom. The average molecular weight is 269 g/mol. The Hall–Kier alpha value is -0.420. The van der Waals surface area contributed by atoms with E-state index in [9.17, 15) is 0 Å². The molecule has 5 heteroatoms. The van der Waals surface area contributed by atoms with Crippen molar-refractivity contribution in [3.05, 3.63) is 6.07 Å². The Morgan fingerprint density at radius 2 is 2.18 bits per heavy atom. The SMILES string of the molecule is CSc1nc(N)cc(SC2CCCC(C)C2)n1. The molecule has 1 aliphatic carbocycles. The highest BCUT2D eigenvalue weighted by Crippen LogP contribution is 2.35. The van der Waals surface area contributed by atoms with E-state index >= 15 is 0 Å². The fraction of sp³-hybridized carbons (Fsp3) is 0.667. The van der Waals surface area contributed by atoms with Gasteiger partial charge in [0.1, 0.15) is 10.8 Å². The first-order valence-corrected chi connectivity index (χ1v) is 8.13. The molecule has 2 rings (SSSR count). The summed E-state index contributed by atoms with van der Waals surface area (Å²) in [6.07, 6.45) is 7.29. The maximum Gasteiger partial charge on any atom is 0.190 e. The molecular formula is C12H19N3S2. The molecule has 1 heterocycles. The van der Waals surface area contributed by atoms with Gasteiger partial charge in [-0.2, -0.15) is 0 Å². The van der Waals surface area contributed by atoms with Crippen molar-refractivity contribution in [2.45, 2.75) is 48.0 Å². The smallest absolute Gasteiger partial charge is 0.190 e. The van der Waals surface area contributed by atoms with Gasteiger partial charge in [-0.1, -0.05) is 31.5 Å². The molecule has 0 spiro atoms. The number of hydrogen-bond donors (Lipinski definition) is 1. The van der Waals surface area contributed by atoms with Crippen molar-refractivity contribution in [3.8, 4) is 0 Å². The second kappa shape index (κ2) is 5.96. The van der Waals surface area contributed by atoms with Crippen LogP contribution in [0, 0.1) is 5.92 Å². The maximum atomic E-state index is 5.79. The lowest BCUT2D eigenvalue weighted by Gasteiger charge is -2.25. The van der Waals surface area contributed by atoms with E-state index in [-0.39, 0.29) is 0 Å². The van der Waals surface area contributed by atoms with Crippen molar-refractivity contribution in [1.29, 1.82) is 0 Å². The summed E-state index contributed by atoms with van der Waals surface area (Å²) < 4.78 is 0. The highest BCUT2D eigenvalue weighted by atomic mass is 32.2. The summed E-state index contributed by atoms with van der Waals surface area (Å²) in [4.78, 5) is 8.68. The van der Waals surface area contributed by atoms with Crippen molar-refractivity contribution >= 4 is 29.3 Å². The van der Waals surface area contributed by atoms with Crippen LogP contribution in [0.25, 0.3) is 0 Å². The topological polar surface area (TPSA) is 51.8 Å². The van der Waals surface area contributed by atoms with Crippen molar-refractivity contribution in [1.82, 2.24) is 9.97 Å². The molecule has 0 radical (unpaired) electrons. The van der Waals surface area contributed by atoms with Gasteiger partial charge in [0.2, 0.25) is 0 Å². The van der Waals surface area contributed by atoms with Gasteiger partial charge in [-0.15, -0.1) is 11.8 Å². The van der Waals surface area contributed by atoms with Gasteiger partial charge in [0, 0.05) is 11.3 Å². The van der Waals surface area contributed by atoms with E-state index in [1.54, 1.807) is 11.8 Å². The molecule has 94 valence electrons. The summed E-state index contributed by atoms with van der Waals surface area (Å²) in [6, 6.07) is 1.89. The summed E-state index contributed by atoms with van der Waals surface area (Å²) in [7, 11) is 0. The van der Waals surface area contributed by atoms with Gasteiger partial charge in [0.15, 0.2) is 5.16 Å². The molecule has 1 saturated carbocycles. The van der Waals surface area contributed by atoms with Crippen molar-refractivity contribution < 1.29 is 0 Å². The van der Waals surface area contributed by atoms with Crippen LogP contribution in [0.1, 0.15) is 32.6 Å². The van der Waals surface area contributed by atoms with Crippen LogP contribution < -0.4 is 5.73 Å². The van der Waals surface area contributed by atoms with E-state index in [4.69, 9.17) is 5.73 Å². The van der Waals surface area contributed by atoms with Crippen LogP contribution in [-0.4, -0.2) is 21.5 Å². The van der Waals surface area contributed by atoms with E-state index in [0.717, 1.165) is 16.1 Å².